The Labute approximate surface area is 66.6 Å². The molecular formula is C8H13NO2. The molecule has 0 saturated carbocycles. The minimum absolute atomic E-state index is 0.207. The van der Waals surface area contributed by atoms with Crippen molar-refractivity contribution >= 4 is 5.97 Å². The zero-order chi connectivity index (χ0) is 8.10. The summed E-state index contributed by atoms with van der Waals surface area (Å²) in [6.45, 7) is 5.76. The highest BCUT2D eigenvalue weighted by atomic mass is 16.5. The summed E-state index contributed by atoms with van der Waals surface area (Å²) in [6.07, 6.45) is 3.57. The van der Waals surface area contributed by atoms with Crippen molar-refractivity contribution in [1.82, 2.24) is 4.90 Å². The van der Waals surface area contributed by atoms with Crippen molar-refractivity contribution in [3.63, 3.8) is 0 Å². The SMILES string of the molecule is C=COC(=O)CN1CCCC1. The number of hydrogen-bond donors (Lipinski definition) is 0. The Kier molecular flexibility index (Phi) is 3.11. The third-order valence-electron chi connectivity index (χ3n) is 1.77. The quantitative estimate of drug-likeness (QED) is 0.445. The Balaban J connectivity index is 2.18. The third kappa shape index (κ3) is 2.72. The van der Waals surface area contributed by atoms with Gasteiger partial charge in [-0.3, -0.25) is 9.69 Å². The highest BCUT2D eigenvalue weighted by Crippen LogP contribution is 2.06. The number of rotatable bonds is 3. The molecule has 1 heterocycles. The largest absolute Gasteiger partial charge is 0.434 e. The molecule has 0 unspecified atom stereocenters. The second-order valence-corrected chi connectivity index (χ2v) is 2.64. The Morgan fingerprint density at radius 3 is 2.73 bits per heavy atom. The van der Waals surface area contributed by atoms with Crippen molar-refractivity contribution in [2.75, 3.05) is 19.6 Å². The van der Waals surface area contributed by atoms with Gasteiger partial charge in [-0.25, -0.2) is 0 Å². The van der Waals surface area contributed by atoms with Crippen LogP contribution in [-0.4, -0.2) is 30.5 Å². The van der Waals surface area contributed by atoms with Crippen molar-refractivity contribution in [3.05, 3.63) is 12.8 Å². The first-order chi connectivity index (χ1) is 5.33. The molecule has 0 aromatic heterocycles. The number of esters is 1. The summed E-state index contributed by atoms with van der Waals surface area (Å²) in [7, 11) is 0. The smallest absolute Gasteiger partial charge is 0.324 e. The van der Waals surface area contributed by atoms with E-state index < -0.39 is 0 Å². The molecule has 0 radical (unpaired) electrons. The third-order valence-corrected chi connectivity index (χ3v) is 1.77. The molecule has 0 aliphatic carbocycles. The van der Waals surface area contributed by atoms with Crippen LogP contribution in [0.5, 0.6) is 0 Å². The van der Waals surface area contributed by atoms with E-state index >= 15 is 0 Å². The molecule has 0 aromatic rings. The van der Waals surface area contributed by atoms with E-state index in [2.05, 4.69) is 16.2 Å². The van der Waals surface area contributed by atoms with Crippen LogP contribution in [0.3, 0.4) is 0 Å². The van der Waals surface area contributed by atoms with E-state index in [0.717, 1.165) is 13.1 Å². The normalized spacial score (nSPS) is 18.2. The van der Waals surface area contributed by atoms with Crippen molar-refractivity contribution in [3.8, 4) is 0 Å². The summed E-state index contributed by atoms with van der Waals surface area (Å²) in [5.74, 6) is -0.207. The van der Waals surface area contributed by atoms with Gasteiger partial charge in [0, 0.05) is 0 Å². The van der Waals surface area contributed by atoms with Gasteiger partial charge in [-0.2, -0.15) is 0 Å². The average molecular weight is 155 g/mol. The molecule has 0 atom stereocenters. The average Bonchev–Trinajstić information content (AvgIpc) is 2.40. The lowest BCUT2D eigenvalue weighted by Gasteiger charge is -2.11. The molecule has 1 saturated heterocycles. The Morgan fingerprint density at radius 2 is 2.18 bits per heavy atom. The van der Waals surface area contributed by atoms with Crippen molar-refractivity contribution in [1.29, 1.82) is 0 Å². The van der Waals surface area contributed by atoms with E-state index in [1.807, 2.05) is 0 Å². The molecule has 1 aliphatic rings. The molecular weight excluding hydrogens is 142 g/mol. The molecule has 0 N–H and O–H groups in total. The van der Waals surface area contributed by atoms with Crippen LogP contribution in [0.15, 0.2) is 12.8 Å². The van der Waals surface area contributed by atoms with Gasteiger partial charge in [0.15, 0.2) is 0 Å². The van der Waals surface area contributed by atoms with E-state index in [4.69, 9.17) is 0 Å². The molecule has 3 heteroatoms. The maximum Gasteiger partial charge on any atom is 0.324 e. The standard InChI is InChI=1S/C8H13NO2/c1-2-11-8(10)7-9-5-3-4-6-9/h2H,1,3-7H2. The number of hydrogen-bond acceptors (Lipinski definition) is 3. The van der Waals surface area contributed by atoms with Crippen LogP contribution in [0.1, 0.15) is 12.8 Å². The van der Waals surface area contributed by atoms with Gasteiger partial charge in [-0.05, 0) is 25.9 Å². The lowest BCUT2D eigenvalue weighted by atomic mass is 10.4. The van der Waals surface area contributed by atoms with Gasteiger partial charge in [0.1, 0.15) is 0 Å². The number of likely N-dealkylation sites (tertiary alicyclic amines) is 1. The molecule has 1 aliphatic heterocycles. The number of carbonyl (C=O) groups excluding carboxylic acids is 1. The zero-order valence-corrected chi connectivity index (χ0v) is 6.58. The van der Waals surface area contributed by atoms with Crippen molar-refractivity contribution in [2.45, 2.75) is 12.8 Å². The van der Waals surface area contributed by atoms with E-state index in [-0.39, 0.29) is 5.97 Å². The summed E-state index contributed by atoms with van der Waals surface area (Å²) in [5, 5.41) is 0. The number of carbonyl (C=O) groups is 1. The molecule has 0 bridgehead atoms. The van der Waals surface area contributed by atoms with Gasteiger partial charge < -0.3 is 4.74 Å². The van der Waals surface area contributed by atoms with Crippen molar-refractivity contribution in [2.24, 2.45) is 0 Å². The molecule has 1 rings (SSSR count). The molecule has 0 amide bonds. The van der Waals surface area contributed by atoms with Crippen LogP contribution < -0.4 is 0 Å². The van der Waals surface area contributed by atoms with Gasteiger partial charge in [0.05, 0.1) is 12.8 Å². The lowest BCUT2D eigenvalue weighted by Crippen LogP contribution is -2.27. The Hall–Kier alpha value is -0.830. The summed E-state index contributed by atoms with van der Waals surface area (Å²) in [6, 6.07) is 0. The fourth-order valence-corrected chi connectivity index (χ4v) is 1.25. The molecule has 11 heavy (non-hydrogen) atoms. The lowest BCUT2D eigenvalue weighted by molar-refractivity contribution is -0.139. The van der Waals surface area contributed by atoms with Gasteiger partial charge in [-0.15, -0.1) is 0 Å². The maximum absolute atomic E-state index is 10.9. The Bertz CT molecular complexity index is 150. The first kappa shape index (κ1) is 8.27. The zero-order valence-electron chi connectivity index (χ0n) is 6.58. The monoisotopic (exact) mass is 155 g/mol. The van der Waals surface area contributed by atoms with E-state index in [1.165, 1.54) is 19.1 Å². The number of nitrogens with zero attached hydrogens (tertiary/aromatic N) is 1. The van der Waals surface area contributed by atoms with Crippen molar-refractivity contribution < 1.29 is 9.53 Å². The second kappa shape index (κ2) is 4.13. The van der Waals surface area contributed by atoms with Crippen LogP contribution in [-0.2, 0) is 9.53 Å². The number of ether oxygens (including phenoxy) is 1. The molecule has 0 aromatic carbocycles. The first-order valence-electron chi connectivity index (χ1n) is 3.85. The van der Waals surface area contributed by atoms with E-state index in [0.29, 0.717) is 6.54 Å². The summed E-state index contributed by atoms with van der Waals surface area (Å²) < 4.78 is 4.59. The minimum atomic E-state index is -0.207. The fourth-order valence-electron chi connectivity index (χ4n) is 1.25. The predicted molar refractivity (Wildman–Crippen MR) is 42.0 cm³/mol. The fraction of sp³-hybridized carbons (Fsp3) is 0.625. The van der Waals surface area contributed by atoms with Gasteiger partial charge in [0.25, 0.3) is 0 Å². The molecule has 3 nitrogen and oxygen atoms in total. The maximum atomic E-state index is 10.9. The minimum Gasteiger partial charge on any atom is -0.434 e. The highest BCUT2D eigenvalue weighted by Gasteiger charge is 2.14. The second-order valence-electron chi connectivity index (χ2n) is 2.64. The molecule has 1 fully saturated rings. The van der Waals surface area contributed by atoms with Gasteiger partial charge in [0.2, 0.25) is 0 Å². The van der Waals surface area contributed by atoms with Crippen LogP contribution in [0.25, 0.3) is 0 Å². The van der Waals surface area contributed by atoms with Crippen LogP contribution in [0.2, 0.25) is 0 Å². The van der Waals surface area contributed by atoms with E-state index in [1.54, 1.807) is 0 Å². The first-order valence-corrected chi connectivity index (χ1v) is 3.85. The van der Waals surface area contributed by atoms with Crippen LogP contribution in [0, 0.1) is 0 Å². The summed E-state index contributed by atoms with van der Waals surface area (Å²) >= 11 is 0. The van der Waals surface area contributed by atoms with Gasteiger partial charge >= 0.3 is 5.97 Å². The Morgan fingerprint density at radius 1 is 1.55 bits per heavy atom. The highest BCUT2D eigenvalue weighted by molar-refractivity contribution is 5.72. The topological polar surface area (TPSA) is 29.5 Å². The van der Waals surface area contributed by atoms with Crippen LogP contribution in [0.4, 0.5) is 0 Å². The summed E-state index contributed by atoms with van der Waals surface area (Å²) in [4.78, 5) is 13.0. The predicted octanol–water partition coefficient (Wildman–Crippen LogP) is 0.769. The van der Waals surface area contributed by atoms with E-state index in [9.17, 15) is 4.79 Å². The van der Waals surface area contributed by atoms with Gasteiger partial charge in [-0.1, -0.05) is 6.58 Å². The molecule has 62 valence electrons. The van der Waals surface area contributed by atoms with Crippen LogP contribution >= 0.6 is 0 Å². The summed E-state index contributed by atoms with van der Waals surface area (Å²) in [5.41, 5.74) is 0. The molecule has 0 spiro atoms.